The van der Waals surface area contributed by atoms with E-state index in [0.29, 0.717) is 0 Å². The van der Waals surface area contributed by atoms with Gasteiger partial charge in [0.1, 0.15) is 0 Å². The monoisotopic (exact) mass is 228 g/mol. The minimum Gasteiger partial charge on any atom is -0.493 e. The van der Waals surface area contributed by atoms with Crippen molar-refractivity contribution >= 4 is 0 Å². The van der Waals surface area contributed by atoms with Crippen LogP contribution in [0.3, 0.4) is 0 Å². The molecule has 2 aromatic rings. The topological polar surface area (TPSA) is 18.5 Å². The van der Waals surface area contributed by atoms with Gasteiger partial charge in [-0.3, -0.25) is 0 Å². The minimum absolute atomic E-state index is 0.754. The Kier molecular flexibility index (Phi) is 3.33. The van der Waals surface area contributed by atoms with Crippen LogP contribution in [0.4, 0.5) is 0 Å². The van der Waals surface area contributed by atoms with E-state index in [9.17, 15) is 0 Å². The van der Waals surface area contributed by atoms with E-state index >= 15 is 0 Å². The maximum absolute atomic E-state index is 5.30. The smallest absolute Gasteiger partial charge is 0.161 e. The molecule has 0 aromatic heterocycles. The Morgan fingerprint density at radius 1 is 0.765 bits per heavy atom. The van der Waals surface area contributed by atoms with Crippen molar-refractivity contribution in [3.05, 3.63) is 48.0 Å². The van der Waals surface area contributed by atoms with Gasteiger partial charge in [0, 0.05) is 0 Å². The fraction of sp³-hybridized carbons (Fsp3) is 0.200. The molecule has 0 spiro atoms. The Hall–Kier alpha value is -1.96. The van der Waals surface area contributed by atoms with Crippen LogP contribution in [-0.4, -0.2) is 14.2 Å². The normalized spacial score (nSPS) is 10.1. The Morgan fingerprint density at radius 3 is 2.12 bits per heavy atom. The largest absolute Gasteiger partial charge is 0.493 e. The van der Waals surface area contributed by atoms with Crippen LogP contribution in [0.1, 0.15) is 5.56 Å². The summed E-state index contributed by atoms with van der Waals surface area (Å²) in [6.07, 6.45) is 0. The molecule has 2 rings (SSSR count). The number of benzene rings is 2. The van der Waals surface area contributed by atoms with Gasteiger partial charge in [0.05, 0.1) is 14.2 Å². The second-order valence-corrected chi connectivity index (χ2v) is 3.94. The van der Waals surface area contributed by atoms with E-state index < -0.39 is 0 Å². The molecule has 2 heteroatoms. The highest BCUT2D eigenvalue weighted by Gasteiger charge is 2.05. The maximum atomic E-state index is 5.30. The van der Waals surface area contributed by atoms with Gasteiger partial charge < -0.3 is 9.47 Å². The van der Waals surface area contributed by atoms with E-state index in [4.69, 9.17) is 9.47 Å². The van der Waals surface area contributed by atoms with Crippen LogP contribution >= 0.6 is 0 Å². The molecule has 0 bridgehead atoms. The lowest BCUT2D eigenvalue weighted by Crippen LogP contribution is -1.90. The van der Waals surface area contributed by atoms with Gasteiger partial charge in [-0.05, 0) is 30.2 Å². The molecule has 0 saturated heterocycles. The van der Waals surface area contributed by atoms with Crippen LogP contribution in [-0.2, 0) is 0 Å². The van der Waals surface area contributed by atoms with Crippen molar-refractivity contribution in [1.29, 1.82) is 0 Å². The lowest BCUT2D eigenvalue weighted by molar-refractivity contribution is 0.355. The van der Waals surface area contributed by atoms with Crippen molar-refractivity contribution in [2.75, 3.05) is 14.2 Å². The van der Waals surface area contributed by atoms with E-state index in [1.54, 1.807) is 14.2 Å². The summed E-state index contributed by atoms with van der Waals surface area (Å²) in [5.41, 5.74) is 3.56. The SMILES string of the molecule is COc1ccc(-c2cccc(C)c2)cc1OC. The second kappa shape index (κ2) is 4.91. The Balaban J connectivity index is 2.46. The van der Waals surface area contributed by atoms with Gasteiger partial charge in [0.15, 0.2) is 11.5 Å². The van der Waals surface area contributed by atoms with Crippen LogP contribution in [0.5, 0.6) is 11.5 Å². The number of ether oxygens (including phenoxy) is 2. The first-order valence-electron chi connectivity index (χ1n) is 5.53. The van der Waals surface area contributed by atoms with Crippen molar-refractivity contribution in [3.63, 3.8) is 0 Å². The molecule has 0 aliphatic carbocycles. The highest BCUT2D eigenvalue weighted by molar-refractivity contribution is 5.67. The summed E-state index contributed by atoms with van der Waals surface area (Å²) >= 11 is 0. The van der Waals surface area contributed by atoms with E-state index in [1.165, 1.54) is 11.1 Å². The Morgan fingerprint density at radius 2 is 1.47 bits per heavy atom. The first kappa shape index (κ1) is 11.5. The molecule has 0 fully saturated rings. The molecule has 0 amide bonds. The number of hydrogen-bond acceptors (Lipinski definition) is 2. The molecular weight excluding hydrogens is 212 g/mol. The van der Waals surface area contributed by atoms with E-state index in [-0.39, 0.29) is 0 Å². The van der Waals surface area contributed by atoms with Crippen molar-refractivity contribution in [3.8, 4) is 22.6 Å². The van der Waals surface area contributed by atoms with Gasteiger partial charge in [-0.1, -0.05) is 35.9 Å². The highest BCUT2D eigenvalue weighted by Crippen LogP contribution is 2.32. The van der Waals surface area contributed by atoms with Gasteiger partial charge in [-0.25, -0.2) is 0 Å². The molecule has 88 valence electrons. The van der Waals surface area contributed by atoms with E-state index in [0.717, 1.165) is 17.1 Å². The highest BCUT2D eigenvalue weighted by atomic mass is 16.5. The number of hydrogen-bond donors (Lipinski definition) is 0. The molecule has 0 heterocycles. The molecule has 0 radical (unpaired) electrons. The van der Waals surface area contributed by atoms with Crippen LogP contribution in [0.25, 0.3) is 11.1 Å². The van der Waals surface area contributed by atoms with Crippen LogP contribution in [0.2, 0.25) is 0 Å². The van der Waals surface area contributed by atoms with Gasteiger partial charge in [-0.15, -0.1) is 0 Å². The summed E-state index contributed by atoms with van der Waals surface area (Å²) < 4.78 is 10.5. The van der Waals surface area contributed by atoms with Gasteiger partial charge >= 0.3 is 0 Å². The van der Waals surface area contributed by atoms with Crippen LogP contribution in [0.15, 0.2) is 42.5 Å². The molecule has 17 heavy (non-hydrogen) atoms. The summed E-state index contributed by atoms with van der Waals surface area (Å²) in [6.45, 7) is 2.09. The molecule has 0 N–H and O–H groups in total. The van der Waals surface area contributed by atoms with Gasteiger partial charge in [0.25, 0.3) is 0 Å². The molecule has 2 nitrogen and oxygen atoms in total. The van der Waals surface area contributed by atoms with Crippen molar-refractivity contribution < 1.29 is 9.47 Å². The zero-order valence-corrected chi connectivity index (χ0v) is 10.4. The lowest BCUT2D eigenvalue weighted by Gasteiger charge is -2.10. The molecule has 0 unspecified atom stereocenters. The van der Waals surface area contributed by atoms with Crippen molar-refractivity contribution in [2.24, 2.45) is 0 Å². The van der Waals surface area contributed by atoms with E-state index in [1.807, 2.05) is 18.2 Å². The quantitative estimate of drug-likeness (QED) is 0.797. The van der Waals surface area contributed by atoms with Gasteiger partial charge in [0.2, 0.25) is 0 Å². The fourth-order valence-electron chi connectivity index (χ4n) is 1.84. The number of rotatable bonds is 3. The Bertz CT molecular complexity index is 518. The molecular formula is C15H16O2. The minimum atomic E-state index is 0.754. The number of methoxy groups -OCH3 is 2. The maximum Gasteiger partial charge on any atom is 0.161 e. The second-order valence-electron chi connectivity index (χ2n) is 3.94. The molecule has 0 aliphatic heterocycles. The first-order chi connectivity index (χ1) is 8.24. The van der Waals surface area contributed by atoms with Crippen molar-refractivity contribution in [2.45, 2.75) is 6.92 Å². The third kappa shape index (κ3) is 2.41. The van der Waals surface area contributed by atoms with Crippen LogP contribution < -0.4 is 9.47 Å². The predicted molar refractivity (Wildman–Crippen MR) is 69.7 cm³/mol. The lowest BCUT2D eigenvalue weighted by atomic mass is 10.0. The third-order valence-corrected chi connectivity index (χ3v) is 2.73. The molecule has 2 aromatic carbocycles. The summed E-state index contributed by atoms with van der Waals surface area (Å²) in [7, 11) is 3.29. The predicted octanol–water partition coefficient (Wildman–Crippen LogP) is 3.68. The summed E-state index contributed by atoms with van der Waals surface area (Å²) in [4.78, 5) is 0. The summed E-state index contributed by atoms with van der Waals surface area (Å²) in [6, 6.07) is 14.3. The average Bonchev–Trinajstić information content (AvgIpc) is 2.38. The molecule has 0 aliphatic rings. The first-order valence-corrected chi connectivity index (χ1v) is 5.53. The average molecular weight is 228 g/mol. The standard InChI is InChI=1S/C15H16O2/c1-11-5-4-6-12(9-11)13-7-8-14(16-2)15(10-13)17-3/h4-10H,1-3H3. The summed E-state index contributed by atoms with van der Waals surface area (Å²) in [5, 5.41) is 0. The van der Waals surface area contributed by atoms with Crippen LogP contribution in [0, 0.1) is 6.92 Å². The zero-order chi connectivity index (χ0) is 12.3. The zero-order valence-electron chi connectivity index (χ0n) is 10.4. The fourth-order valence-corrected chi connectivity index (χ4v) is 1.84. The third-order valence-electron chi connectivity index (χ3n) is 2.73. The van der Waals surface area contributed by atoms with Gasteiger partial charge in [-0.2, -0.15) is 0 Å². The van der Waals surface area contributed by atoms with Crippen molar-refractivity contribution in [1.82, 2.24) is 0 Å². The molecule has 0 saturated carbocycles. The Labute approximate surface area is 102 Å². The summed E-state index contributed by atoms with van der Waals surface area (Å²) in [5.74, 6) is 1.51. The van der Waals surface area contributed by atoms with E-state index in [2.05, 4.69) is 31.2 Å². The number of aryl methyl sites for hydroxylation is 1. The molecule has 0 atom stereocenters.